The summed E-state index contributed by atoms with van der Waals surface area (Å²) < 4.78 is 4.58. The van der Waals surface area contributed by atoms with Gasteiger partial charge in [0.15, 0.2) is 0 Å². The van der Waals surface area contributed by atoms with Crippen LogP contribution in [-0.2, 0) is 14.3 Å². The van der Waals surface area contributed by atoms with Crippen LogP contribution < -0.4 is 5.32 Å². The van der Waals surface area contributed by atoms with Crippen molar-refractivity contribution in [2.75, 3.05) is 27.7 Å². The minimum absolute atomic E-state index is 0.00735. The highest BCUT2D eigenvalue weighted by molar-refractivity contribution is 5.81. The van der Waals surface area contributed by atoms with Gasteiger partial charge in [0.25, 0.3) is 0 Å². The molecular weight excluding hydrogens is 196 g/mol. The molecule has 5 nitrogen and oxygen atoms in total. The second-order valence-corrected chi connectivity index (χ2v) is 3.79. The Morgan fingerprint density at radius 2 is 1.87 bits per heavy atom. The lowest BCUT2D eigenvalue weighted by Crippen LogP contribution is -2.43. The number of esters is 1. The molecule has 5 heteroatoms. The number of hydrogen-bond donors (Lipinski definition) is 1. The van der Waals surface area contributed by atoms with Crippen molar-refractivity contribution in [1.29, 1.82) is 0 Å². The molecule has 0 spiro atoms. The molecule has 0 aromatic rings. The lowest BCUT2D eigenvalue weighted by Gasteiger charge is -2.19. The second kappa shape index (κ2) is 6.40. The average molecular weight is 216 g/mol. The monoisotopic (exact) mass is 216 g/mol. The summed E-state index contributed by atoms with van der Waals surface area (Å²) in [6, 6.07) is -0.285. The molecule has 1 N–H and O–H groups in total. The zero-order chi connectivity index (χ0) is 12.0. The maximum Gasteiger partial charge on any atom is 0.309 e. The van der Waals surface area contributed by atoms with Crippen LogP contribution in [0.1, 0.15) is 13.8 Å². The van der Waals surface area contributed by atoms with Crippen LogP contribution in [0.3, 0.4) is 0 Å². The Bertz CT molecular complexity index is 229. The van der Waals surface area contributed by atoms with E-state index in [0.29, 0.717) is 6.54 Å². The van der Waals surface area contributed by atoms with Crippen molar-refractivity contribution in [3.63, 3.8) is 0 Å². The number of carbonyl (C=O) groups is 2. The fourth-order valence-corrected chi connectivity index (χ4v) is 1.11. The summed E-state index contributed by atoms with van der Waals surface area (Å²) in [6.45, 7) is 3.96. The van der Waals surface area contributed by atoms with Gasteiger partial charge in [-0.2, -0.15) is 0 Å². The van der Waals surface area contributed by atoms with Gasteiger partial charge in [0.2, 0.25) is 5.91 Å². The molecule has 0 aromatic carbocycles. The van der Waals surface area contributed by atoms with Crippen LogP contribution >= 0.6 is 0 Å². The molecule has 0 aromatic heterocycles. The van der Waals surface area contributed by atoms with E-state index in [-0.39, 0.29) is 23.8 Å². The Morgan fingerprint density at radius 3 is 2.27 bits per heavy atom. The maximum atomic E-state index is 11.4. The quantitative estimate of drug-likeness (QED) is 0.650. The molecule has 0 saturated carbocycles. The summed E-state index contributed by atoms with van der Waals surface area (Å²) in [4.78, 5) is 24.0. The van der Waals surface area contributed by atoms with Crippen LogP contribution in [-0.4, -0.2) is 50.6 Å². The van der Waals surface area contributed by atoms with E-state index < -0.39 is 0 Å². The van der Waals surface area contributed by atoms with E-state index in [1.165, 1.54) is 12.0 Å². The molecule has 0 rings (SSSR count). The smallest absolute Gasteiger partial charge is 0.309 e. The SMILES string of the molecule is COC(=O)C(C)CNC(C)C(=O)N(C)C. The van der Waals surface area contributed by atoms with Crippen molar-refractivity contribution in [2.24, 2.45) is 5.92 Å². The third kappa shape index (κ3) is 4.78. The van der Waals surface area contributed by atoms with Crippen LogP contribution in [0.25, 0.3) is 0 Å². The van der Waals surface area contributed by atoms with Gasteiger partial charge in [-0.05, 0) is 6.92 Å². The van der Waals surface area contributed by atoms with Crippen LogP contribution in [0.5, 0.6) is 0 Å². The molecule has 0 radical (unpaired) electrons. The van der Waals surface area contributed by atoms with Gasteiger partial charge in [-0.25, -0.2) is 0 Å². The normalized spacial score (nSPS) is 14.2. The second-order valence-electron chi connectivity index (χ2n) is 3.79. The van der Waals surface area contributed by atoms with Crippen LogP contribution in [0.15, 0.2) is 0 Å². The number of rotatable bonds is 5. The Morgan fingerprint density at radius 1 is 1.33 bits per heavy atom. The highest BCUT2D eigenvalue weighted by atomic mass is 16.5. The van der Waals surface area contributed by atoms with Crippen LogP contribution in [0.4, 0.5) is 0 Å². The first kappa shape index (κ1) is 13.9. The first-order valence-corrected chi connectivity index (χ1v) is 4.92. The summed E-state index contributed by atoms with van der Waals surface area (Å²) in [5, 5.41) is 2.99. The standard InChI is InChI=1S/C10H20N2O3/c1-7(10(14)15-5)6-11-8(2)9(13)12(3)4/h7-8,11H,6H2,1-5H3. The van der Waals surface area contributed by atoms with E-state index in [2.05, 4.69) is 10.1 Å². The fourth-order valence-electron chi connectivity index (χ4n) is 1.11. The Hall–Kier alpha value is -1.10. The third-order valence-corrected chi connectivity index (χ3v) is 2.14. The summed E-state index contributed by atoms with van der Waals surface area (Å²) >= 11 is 0. The number of ether oxygens (including phenoxy) is 1. The first-order chi connectivity index (χ1) is 6.90. The number of methoxy groups -OCH3 is 1. The largest absolute Gasteiger partial charge is 0.469 e. The Balaban J connectivity index is 3.95. The highest BCUT2D eigenvalue weighted by Gasteiger charge is 2.18. The number of nitrogens with zero attached hydrogens (tertiary/aromatic N) is 1. The minimum Gasteiger partial charge on any atom is -0.469 e. The van der Waals surface area contributed by atoms with Crippen molar-refractivity contribution in [1.82, 2.24) is 10.2 Å². The van der Waals surface area contributed by atoms with E-state index in [1.807, 2.05) is 0 Å². The predicted molar refractivity (Wildman–Crippen MR) is 57.3 cm³/mol. The van der Waals surface area contributed by atoms with Crippen molar-refractivity contribution in [3.05, 3.63) is 0 Å². The topological polar surface area (TPSA) is 58.6 Å². The van der Waals surface area contributed by atoms with Gasteiger partial charge in [-0.3, -0.25) is 9.59 Å². The lowest BCUT2D eigenvalue weighted by molar-refractivity contribution is -0.145. The van der Waals surface area contributed by atoms with Crippen LogP contribution in [0, 0.1) is 5.92 Å². The average Bonchev–Trinajstić information content (AvgIpc) is 2.22. The van der Waals surface area contributed by atoms with Gasteiger partial charge in [-0.1, -0.05) is 6.92 Å². The molecule has 2 atom stereocenters. The molecule has 0 bridgehead atoms. The van der Waals surface area contributed by atoms with Gasteiger partial charge in [0.1, 0.15) is 0 Å². The summed E-state index contributed by atoms with van der Waals surface area (Å²) in [6.07, 6.45) is 0. The van der Waals surface area contributed by atoms with E-state index in [9.17, 15) is 9.59 Å². The zero-order valence-corrected chi connectivity index (χ0v) is 10.0. The molecule has 0 aliphatic carbocycles. The first-order valence-electron chi connectivity index (χ1n) is 4.92. The van der Waals surface area contributed by atoms with E-state index >= 15 is 0 Å². The Kier molecular flexibility index (Phi) is 5.93. The fraction of sp³-hybridized carbons (Fsp3) is 0.800. The molecular formula is C10H20N2O3. The molecule has 2 unspecified atom stereocenters. The number of carbonyl (C=O) groups excluding carboxylic acids is 2. The minimum atomic E-state index is -0.285. The van der Waals surface area contributed by atoms with Crippen molar-refractivity contribution in [3.8, 4) is 0 Å². The number of likely N-dealkylation sites (N-methyl/N-ethyl adjacent to an activating group) is 1. The van der Waals surface area contributed by atoms with E-state index in [1.54, 1.807) is 27.9 Å². The van der Waals surface area contributed by atoms with Gasteiger partial charge in [-0.15, -0.1) is 0 Å². The molecule has 0 saturated heterocycles. The van der Waals surface area contributed by atoms with E-state index in [4.69, 9.17) is 0 Å². The molecule has 0 aliphatic heterocycles. The van der Waals surface area contributed by atoms with Crippen LogP contribution in [0.2, 0.25) is 0 Å². The zero-order valence-electron chi connectivity index (χ0n) is 10.0. The van der Waals surface area contributed by atoms with Gasteiger partial charge in [0.05, 0.1) is 19.1 Å². The maximum absolute atomic E-state index is 11.4. The Labute approximate surface area is 90.8 Å². The van der Waals surface area contributed by atoms with Crippen molar-refractivity contribution in [2.45, 2.75) is 19.9 Å². The summed E-state index contributed by atoms with van der Waals surface area (Å²) in [5.74, 6) is -0.522. The summed E-state index contributed by atoms with van der Waals surface area (Å²) in [5.41, 5.74) is 0. The molecule has 15 heavy (non-hydrogen) atoms. The molecule has 1 amide bonds. The number of nitrogens with one attached hydrogen (secondary N) is 1. The van der Waals surface area contributed by atoms with E-state index in [0.717, 1.165) is 0 Å². The highest BCUT2D eigenvalue weighted by Crippen LogP contribution is 1.97. The molecule has 88 valence electrons. The lowest BCUT2D eigenvalue weighted by atomic mass is 10.1. The predicted octanol–water partition coefficient (Wildman–Crippen LogP) is -0.138. The number of hydrogen-bond acceptors (Lipinski definition) is 4. The molecule has 0 aliphatic rings. The summed E-state index contributed by atoms with van der Waals surface area (Å²) in [7, 11) is 4.75. The van der Waals surface area contributed by atoms with Crippen molar-refractivity contribution >= 4 is 11.9 Å². The van der Waals surface area contributed by atoms with Gasteiger partial charge < -0.3 is 15.0 Å². The third-order valence-electron chi connectivity index (χ3n) is 2.14. The number of amides is 1. The van der Waals surface area contributed by atoms with Crippen molar-refractivity contribution < 1.29 is 14.3 Å². The van der Waals surface area contributed by atoms with Gasteiger partial charge >= 0.3 is 5.97 Å². The molecule has 0 heterocycles. The van der Waals surface area contributed by atoms with Gasteiger partial charge in [0, 0.05) is 20.6 Å². The molecule has 0 fully saturated rings.